The molecule has 130 valence electrons. The van der Waals surface area contributed by atoms with Crippen LogP contribution in [0.25, 0.3) is 11.3 Å². The number of rotatable bonds is 4. The molecule has 0 amide bonds. The number of hydrogen-bond donors (Lipinski definition) is 0. The lowest BCUT2D eigenvalue weighted by atomic mass is 10.1. The molecule has 4 heteroatoms. The summed E-state index contributed by atoms with van der Waals surface area (Å²) in [6, 6.07) is 12.6. The average molecular weight is 353 g/mol. The van der Waals surface area contributed by atoms with E-state index in [9.17, 15) is 0 Å². The van der Waals surface area contributed by atoms with Crippen molar-refractivity contribution in [1.29, 1.82) is 0 Å². The van der Waals surface area contributed by atoms with E-state index in [1.165, 1.54) is 27.9 Å². The van der Waals surface area contributed by atoms with Gasteiger partial charge in [-0.15, -0.1) is 11.3 Å². The van der Waals surface area contributed by atoms with Gasteiger partial charge in [0.1, 0.15) is 5.75 Å². The van der Waals surface area contributed by atoms with Crippen molar-refractivity contribution in [1.82, 2.24) is 4.57 Å². The molecular weight excluding hydrogens is 328 g/mol. The zero-order valence-electron chi connectivity index (χ0n) is 15.5. The van der Waals surface area contributed by atoms with E-state index in [0.717, 1.165) is 22.8 Å². The Labute approximate surface area is 153 Å². The smallest absolute Gasteiger partial charge is 0.190 e. The second-order valence-corrected chi connectivity index (χ2v) is 7.07. The van der Waals surface area contributed by atoms with Gasteiger partial charge in [-0.3, -0.25) is 0 Å². The van der Waals surface area contributed by atoms with Crippen molar-refractivity contribution in [3.63, 3.8) is 0 Å². The van der Waals surface area contributed by atoms with Crippen LogP contribution < -0.4 is 9.54 Å². The molecule has 3 rings (SSSR count). The molecular formula is C21H24N2OS. The molecule has 0 radical (unpaired) electrons. The molecule has 0 saturated heterocycles. The van der Waals surface area contributed by atoms with Gasteiger partial charge in [0.15, 0.2) is 4.80 Å². The Morgan fingerprint density at radius 3 is 2.24 bits per heavy atom. The number of aromatic nitrogens is 1. The first-order valence-electron chi connectivity index (χ1n) is 8.48. The Kier molecular flexibility index (Phi) is 5.09. The average Bonchev–Trinajstić information content (AvgIpc) is 3.00. The fourth-order valence-electron chi connectivity index (χ4n) is 3.16. The monoisotopic (exact) mass is 352 g/mol. The van der Waals surface area contributed by atoms with Crippen LogP contribution in [0.4, 0.5) is 5.69 Å². The molecule has 0 atom stereocenters. The highest BCUT2D eigenvalue weighted by Gasteiger charge is 2.09. The highest BCUT2D eigenvalue weighted by atomic mass is 32.1. The van der Waals surface area contributed by atoms with Gasteiger partial charge in [-0.1, -0.05) is 17.7 Å². The predicted octanol–water partition coefficient (Wildman–Crippen LogP) is 5.40. The number of nitrogens with zero attached hydrogens (tertiary/aromatic N) is 2. The second kappa shape index (κ2) is 7.28. The minimum Gasteiger partial charge on any atom is -0.497 e. The summed E-state index contributed by atoms with van der Waals surface area (Å²) in [5.41, 5.74) is 7.17. The van der Waals surface area contributed by atoms with Crippen LogP contribution in [0.1, 0.15) is 23.6 Å². The highest BCUT2D eigenvalue weighted by molar-refractivity contribution is 7.07. The van der Waals surface area contributed by atoms with Gasteiger partial charge >= 0.3 is 0 Å². The van der Waals surface area contributed by atoms with Crippen molar-refractivity contribution in [2.75, 3.05) is 7.11 Å². The van der Waals surface area contributed by atoms with Gasteiger partial charge in [-0.05, 0) is 68.7 Å². The SMILES string of the molecule is CCn1c(-c2ccc(OC)cc2)csc1=Nc1c(C)cc(C)cc1C. The number of methoxy groups -OCH3 is 1. The van der Waals surface area contributed by atoms with Crippen LogP contribution in [0, 0.1) is 20.8 Å². The molecule has 0 aliphatic rings. The summed E-state index contributed by atoms with van der Waals surface area (Å²) < 4.78 is 7.53. The second-order valence-electron chi connectivity index (χ2n) is 6.24. The van der Waals surface area contributed by atoms with Crippen molar-refractivity contribution in [3.05, 3.63) is 63.3 Å². The van der Waals surface area contributed by atoms with E-state index < -0.39 is 0 Å². The third kappa shape index (κ3) is 3.54. The third-order valence-corrected chi connectivity index (χ3v) is 5.21. The van der Waals surface area contributed by atoms with Gasteiger partial charge in [0.2, 0.25) is 0 Å². The maximum Gasteiger partial charge on any atom is 0.190 e. The summed E-state index contributed by atoms with van der Waals surface area (Å²) >= 11 is 1.69. The van der Waals surface area contributed by atoms with Crippen molar-refractivity contribution in [2.45, 2.75) is 34.2 Å². The van der Waals surface area contributed by atoms with Crippen LogP contribution in [0.3, 0.4) is 0 Å². The zero-order chi connectivity index (χ0) is 18.0. The van der Waals surface area contributed by atoms with Gasteiger partial charge in [0.05, 0.1) is 18.5 Å². The first-order chi connectivity index (χ1) is 12.0. The lowest BCUT2D eigenvalue weighted by molar-refractivity contribution is 0.415. The van der Waals surface area contributed by atoms with Crippen LogP contribution >= 0.6 is 11.3 Å². The van der Waals surface area contributed by atoms with E-state index in [1.54, 1.807) is 18.4 Å². The first kappa shape index (κ1) is 17.5. The molecule has 0 saturated carbocycles. The van der Waals surface area contributed by atoms with Crippen LogP contribution in [0.2, 0.25) is 0 Å². The Balaban J connectivity index is 2.11. The van der Waals surface area contributed by atoms with E-state index in [2.05, 4.69) is 61.9 Å². The number of hydrogen-bond acceptors (Lipinski definition) is 3. The maximum atomic E-state index is 5.26. The molecule has 3 nitrogen and oxygen atoms in total. The van der Waals surface area contributed by atoms with Crippen molar-refractivity contribution >= 4 is 17.0 Å². The summed E-state index contributed by atoms with van der Waals surface area (Å²) in [7, 11) is 1.69. The summed E-state index contributed by atoms with van der Waals surface area (Å²) in [5, 5.41) is 2.18. The zero-order valence-corrected chi connectivity index (χ0v) is 16.3. The lowest BCUT2D eigenvalue weighted by Crippen LogP contribution is -2.14. The maximum absolute atomic E-state index is 5.26. The van der Waals surface area contributed by atoms with E-state index in [4.69, 9.17) is 9.73 Å². The van der Waals surface area contributed by atoms with Gasteiger partial charge in [0, 0.05) is 11.9 Å². The lowest BCUT2D eigenvalue weighted by Gasteiger charge is -2.09. The molecule has 1 aromatic heterocycles. The molecule has 0 spiro atoms. The minimum atomic E-state index is 0.873. The Bertz CT molecular complexity index is 926. The number of benzene rings is 2. The summed E-state index contributed by atoms with van der Waals surface area (Å²) in [5.74, 6) is 0.873. The normalized spacial score (nSPS) is 11.8. The van der Waals surface area contributed by atoms with E-state index in [1.807, 2.05) is 12.1 Å². The van der Waals surface area contributed by atoms with E-state index in [-0.39, 0.29) is 0 Å². The Morgan fingerprint density at radius 2 is 1.68 bits per heavy atom. The van der Waals surface area contributed by atoms with Crippen molar-refractivity contribution in [2.24, 2.45) is 4.99 Å². The largest absolute Gasteiger partial charge is 0.497 e. The van der Waals surface area contributed by atoms with Gasteiger partial charge in [-0.25, -0.2) is 4.99 Å². The Morgan fingerprint density at radius 1 is 1.04 bits per heavy atom. The van der Waals surface area contributed by atoms with E-state index >= 15 is 0 Å². The summed E-state index contributed by atoms with van der Waals surface area (Å²) in [6.07, 6.45) is 0. The van der Waals surface area contributed by atoms with Gasteiger partial charge < -0.3 is 9.30 Å². The number of aryl methyl sites for hydroxylation is 3. The predicted molar refractivity (Wildman–Crippen MR) is 106 cm³/mol. The third-order valence-electron chi connectivity index (χ3n) is 4.34. The quantitative estimate of drug-likeness (QED) is 0.617. The van der Waals surface area contributed by atoms with Crippen LogP contribution in [-0.4, -0.2) is 11.7 Å². The molecule has 0 unspecified atom stereocenters. The van der Waals surface area contributed by atoms with Crippen molar-refractivity contribution < 1.29 is 4.74 Å². The minimum absolute atomic E-state index is 0.873. The molecule has 3 aromatic rings. The van der Waals surface area contributed by atoms with E-state index in [0.29, 0.717) is 0 Å². The molecule has 0 N–H and O–H groups in total. The summed E-state index contributed by atoms with van der Waals surface area (Å²) in [6.45, 7) is 9.43. The van der Waals surface area contributed by atoms with Crippen LogP contribution in [-0.2, 0) is 6.54 Å². The fourth-order valence-corrected chi connectivity index (χ4v) is 4.14. The van der Waals surface area contributed by atoms with Crippen LogP contribution in [0.15, 0.2) is 46.8 Å². The standard InChI is InChI=1S/C21H24N2OS/c1-6-23-19(17-7-9-18(24-5)10-8-17)13-25-21(23)22-20-15(3)11-14(2)12-16(20)4/h7-13H,6H2,1-5H3. The van der Waals surface area contributed by atoms with Gasteiger partial charge in [0.25, 0.3) is 0 Å². The first-order valence-corrected chi connectivity index (χ1v) is 9.36. The molecule has 0 bridgehead atoms. The van der Waals surface area contributed by atoms with Crippen LogP contribution in [0.5, 0.6) is 5.75 Å². The number of thiazole rings is 1. The molecule has 1 heterocycles. The molecule has 0 fully saturated rings. The van der Waals surface area contributed by atoms with Crippen molar-refractivity contribution in [3.8, 4) is 17.0 Å². The molecule has 0 aliphatic heterocycles. The number of ether oxygens (including phenoxy) is 1. The Hall–Kier alpha value is -2.33. The fraction of sp³-hybridized carbons (Fsp3) is 0.286. The molecule has 25 heavy (non-hydrogen) atoms. The molecule has 2 aromatic carbocycles. The van der Waals surface area contributed by atoms with Gasteiger partial charge in [-0.2, -0.15) is 0 Å². The topological polar surface area (TPSA) is 26.5 Å². The highest BCUT2D eigenvalue weighted by Crippen LogP contribution is 2.26. The molecule has 0 aliphatic carbocycles. The summed E-state index contributed by atoms with van der Waals surface area (Å²) in [4.78, 5) is 6.02.